The summed E-state index contributed by atoms with van der Waals surface area (Å²) in [5, 5.41) is 12.1. The molecule has 0 unspecified atom stereocenters. The Labute approximate surface area is 159 Å². The largest absolute Gasteiger partial charge is 0.495 e. The van der Waals surface area contributed by atoms with Crippen LogP contribution in [-0.2, 0) is 11.8 Å². The molecule has 0 atom stereocenters. The van der Waals surface area contributed by atoms with Gasteiger partial charge in [-0.3, -0.25) is 9.78 Å². The minimum Gasteiger partial charge on any atom is -0.495 e. The van der Waals surface area contributed by atoms with Gasteiger partial charge in [-0.25, -0.2) is 0 Å². The van der Waals surface area contributed by atoms with Gasteiger partial charge in [0.05, 0.1) is 17.9 Å². The molecule has 0 radical (unpaired) electrons. The summed E-state index contributed by atoms with van der Waals surface area (Å²) in [7, 11) is 3.38. The van der Waals surface area contributed by atoms with E-state index < -0.39 is 0 Å². The van der Waals surface area contributed by atoms with Crippen molar-refractivity contribution in [3.63, 3.8) is 0 Å². The van der Waals surface area contributed by atoms with Crippen LogP contribution in [-0.4, -0.2) is 38.5 Å². The van der Waals surface area contributed by atoms with Crippen LogP contribution in [0.2, 0.25) is 5.02 Å². The van der Waals surface area contributed by atoms with Crippen molar-refractivity contribution in [2.24, 2.45) is 7.05 Å². The number of amides is 1. The van der Waals surface area contributed by atoms with Crippen molar-refractivity contribution in [2.75, 3.05) is 18.2 Å². The lowest BCUT2D eigenvalue weighted by atomic mass is 10.3. The lowest BCUT2D eigenvalue weighted by Gasteiger charge is -2.08. The van der Waals surface area contributed by atoms with Gasteiger partial charge < -0.3 is 14.6 Å². The predicted molar refractivity (Wildman–Crippen MR) is 102 cm³/mol. The van der Waals surface area contributed by atoms with E-state index in [1.807, 2.05) is 29.8 Å². The van der Waals surface area contributed by atoms with Gasteiger partial charge >= 0.3 is 0 Å². The molecule has 1 amide bonds. The second-order valence-electron chi connectivity index (χ2n) is 5.27. The molecule has 0 bridgehead atoms. The minimum atomic E-state index is -0.168. The molecule has 26 heavy (non-hydrogen) atoms. The molecule has 0 aliphatic carbocycles. The highest BCUT2D eigenvalue weighted by atomic mass is 35.5. The van der Waals surface area contributed by atoms with Crippen LogP contribution >= 0.6 is 23.4 Å². The van der Waals surface area contributed by atoms with E-state index in [0.29, 0.717) is 27.4 Å². The summed E-state index contributed by atoms with van der Waals surface area (Å²) < 4.78 is 6.90. The van der Waals surface area contributed by atoms with Gasteiger partial charge in [-0.2, -0.15) is 0 Å². The molecule has 7 nitrogen and oxygen atoms in total. The molecule has 0 aliphatic heterocycles. The van der Waals surface area contributed by atoms with Crippen LogP contribution < -0.4 is 10.1 Å². The molecule has 0 aliphatic rings. The Bertz CT molecular complexity index is 917. The number of carbonyl (C=O) groups excluding carboxylic acids is 1. The van der Waals surface area contributed by atoms with Crippen LogP contribution in [0.25, 0.3) is 11.5 Å². The third-order valence-electron chi connectivity index (χ3n) is 3.50. The van der Waals surface area contributed by atoms with Gasteiger partial charge in [-0.1, -0.05) is 29.4 Å². The van der Waals surface area contributed by atoms with Crippen molar-refractivity contribution in [1.82, 2.24) is 19.7 Å². The summed E-state index contributed by atoms with van der Waals surface area (Å²) in [4.78, 5) is 16.4. The summed E-state index contributed by atoms with van der Waals surface area (Å²) in [5.41, 5.74) is 1.33. The number of rotatable bonds is 6. The zero-order chi connectivity index (χ0) is 18.5. The molecule has 3 rings (SSSR count). The highest BCUT2D eigenvalue weighted by Gasteiger charge is 2.14. The fourth-order valence-electron chi connectivity index (χ4n) is 2.23. The maximum absolute atomic E-state index is 12.2. The van der Waals surface area contributed by atoms with Crippen molar-refractivity contribution in [1.29, 1.82) is 0 Å². The fraction of sp³-hybridized carbons (Fsp3) is 0.176. The standard InChI is InChI=1S/C17H16ClN5O2S/c1-23-16(13-5-3-4-8-19-13)21-22-17(23)26-10-15(24)20-11-6-7-14(25-2)12(18)9-11/h3-9H,10H2,1-2H3,(H,20,24). The number of hydrogen-bond donors (Lipinski definition) is 1. The number of nitrogens with one attached hydrogen (secondary N) is 1. The van der Waals surface area contributed by atoms with Crippen LogP contribution in [0.15, 0.2) is 47.8 Å². The Balaban J connectivity index is 1.62. The van der Waals surface area contributed by atoms with Gasteiger partial charge in [-0.05, 0) is 30.3 Å². The van der Waals surface area contributed by atoms with Crippen molar-refractivity contribution < 1.29 is 9.53 Å². The topological polar surface area (TPSA) is 81.9 Å². The molecule has 2 aromatic heterocycles. The smallest absolute Gasteiger partial charge is 0.234 e. The van der Waals surface area contributed by atoms with Gasteiger partial charge in [0, 0.05) is 18.9 Å². The maximum atomic E-state index is 12.2. The number of anilines is 1. The first-order valence-electron chi connectivity index (χ1n) is 7.65. The SMILES string of the molecule is COc1ccc(NC(=O)CSc2nnc(-c3ccccn3)n2C)cc1Cl. The minimum absolute atomic E-state index is 0.168. The Morgan fingerprint density at radius 2 is 2.15 bits per heavy atom. The lowest BCUT2D eigenvalue weighted by Crippen LogP contribution is -2.14. The first kappa shape index (κ1) is 18.2. The van der Waals surface area contributed by atoms with E-state index in [1.54, 1.807) is 24.4 Å². The Kier molecular flexibility index (Phi) is 5.75. The van der Waals surface area contributed by atoms with E-state index in [1.165, 1.54) is 18.9 Å². The van der Waals surface area contributed by atoms with Gasteiger partial charge in [0.1, 0.15) is 11.4 Å². The maximum Gasteiger partial charge on any atom is 0.234 e. The molecular formula is C17H16ClN5O2S. The molecule has 1 aromatic carbocycles. The van der Waals surface area contributed by atoms with Crippen LogP contribution in [0.5, 0.6) is 5.75 Å². The Hall–Kier alpha value is -2.58. The molecule has 0 saturated heterocycles. The fourth-order valence-corrected chi connectivity index (χ4v) is 3.20. The number of carbonyl (C=O) groups is 1. The van der Waals surface area contributed by atoms with Gasteiger partial charge in [0.25, 0.3) is 0 Å². The predicted octanol–water partition coefficient (Wildman–Crippen LogP) is 3.27. The summed E-state index contributed by atoms with van der Waals surface area (Å²) in [6.07, 6.45) is 1.70. The molecule has 0 saturated carbocycles. The van der Waals surface area contributed by atoms with E-state index in [-0.39, 0.29) is 11.7 Å². The van der Waals surface area contributed by atoms with Crippen molar-refractivity contribution in [3.8, 4) is 17.3 Å². The lowest BCUT2D eigenvalue weighted by molar-refractivity contribution is -0.113. The van der Waals surface area contributed by atoms with Crippen LogP contribution in [0.1, 0.15) is 0 Å². The number of benzene rings is 1. The average Bonchev–Trinajstić information content (AvgIpc) is 3.01. The van der Waals surface area contributed by atoms with E-state index in [0.717, 1.165) is 5.69 Å². The molecule has 0 fully saturated rings. The number of thioether (sulfide) groups is 1. The Morgan fingerprint density at radius 3 is 2.85 bits per heavy atom. The second-order valence-corrected chi connectivity index (χ2v) is 6.62. The zero-order valence-electron chi connectivity index (χ0n) is 14.1. The normalized spacial score (nSPS) is 10.6. The van der Waals surface area contributed by atoms with Crippen molar-refractivity contribution in [3.05, 3.63) is 47.6 Å². The van der Waals surface area contributed by atoms with Crippen LogP contribution in [0.3, 0.4) is 0 Å². The number of methoxy groups -OCH3 is 1. The van der Waals surface area contributed by atoms with Gasteiger partial charge in [-0.15, -0.1) is 10.2 Å². The summed E-state index contributed by atoms with van der Waals surface area (Å²) in [6.45, 7) is 0. The molecule has 1 N–H and O–H groups in total. The third-order valence-corrected chi connectivity index (χ3v) is 4.81. The highest BCUT2D eigenvalue weighted by molar-refractivity contribution is 7.99. The number of nitrogens with zero attached hydrogens (tertiary/aromatic N) is 4. The second kappa shape index (κ2) is 8.20. The van der Waals surface area contributed by atoms with E-state index in [4.69, 9.17) is 16.3 Å². The molecule has 9 heteroatoms. The van der Waals surface area contributed by atoms with Crippen molar-refractivity contribution in [2.45, 2.75) is 5.16 Å². The molecule has 0 spiro atoms. The number of hydrogen-bond acceptors (Lipinski definition) is 6. The summed E-state index contributed by atoms with van der Waals surface area (Å²) >= 11 is 7.35. The molecule has 134 valence electrons. The van der Waals surface area contributed by atoms with E-state index in [2.05, 4.69) is 20.5 Å². The Morgan fingerprint density at radius 1 is 1.31 bits per heavy atom. The first-order chi connectivity index (χ1) is 12.6. The summed E-state index contributed by atoms with van der Waals surface area (Å²) in [6, 6.07) is 10.7. The summed E-state index contributed by atoms with van der Waals surface area (Å²) in [5.74, 6) is 1.23. The first-order valence-corrected chi connectivity index (χ1v) is 9.02. The van der Waals surface area contributed by atoms with Crippen LogP contribution in [0.4, 0.5) is 5.69 Å². The number of aromatic nitrogens is 4. The van der Waals surface area contributed by atoms with E-state index in [9.17, 15) is 4.79 Å². The molecular weight excluding hydrogens is 374 g/mol. The van der Waals surface area contributed by atoms with E-state index >= 15 is 0 Å². The molecule has 3 aromatic rings. The van der Waals surface area contributed by atoms with Crippen molar-refractivity contribution >= 4 is 35.0 Å². The molecule has 2 heterocycles. The number of pyridine rings is 1. The number of halogens is 1. The van der Waals surface area contributed by atoms with Gasteiger partial charge in [0.15, 0.2) is 11.0 Å². The van der Waals surface area contributed by atoms with Gasteiger partial charge in [0.2, 0.25) is 5.91 Å². The zero-order valence-corrected chi connectivity index (χ0v) is 15.7. The highest BCUT2D eigenvalue weighted by Crippen LogP contribution is 2.27. The number of ether oxygens (including phenoxy) is 1. The monoisotopic (exact) mass is 389 g/mol. The van der Waals surface area contributed by atoms with Crippen LogP contribution in [0, 0.1) is 0 Å². The quantitative estimate of drug-likeness (QED) is 0.651. The third kappa shape index (κ3) is 4.14. The average molecular weight is 390 g/mol.